The highest BCUT2D eigenvalue weighted by atomic mass is 32.2. The van der Waals surface area contributed by atoms with E-state index in [4.69, 9.17) is 14.2 Å². The first kappa shape index (κ1) is 45.9. The zero-order valence-corrected chi connectivity index (χ0v) is 35.0. The number of esters is 1. The number of nitro benzene ring substituents is 3. The molecule has 21 nitrogen and oxygen atoms in total. The molecular formula is C41H44N6O15S. The molecule has 3 aromatic carbocycles. The number of carbonyl (C=O) groups excluding carboxylic acids is 4. The standard InChI is InChI=1S/C41H44N6O15S/c1-23-35-34(24(2)48)38(50)44(35)36(39(51)60-20-25-4-10-28(11-5-25)45(54)55)37(23)63-31-18-32(43(19-31)41(53)62-22-27-8-14-30(15-9-27)47(58)59)33(49)16-17-42(3)40(52)61-21-26-6-12-29(13-7-26)46(56)57/h4-15,23-24,31-35,48-49H,16-22H2,1-3H3/t23-,24-,31+,32+,33?,34-,35-/m1/s1. The molecule has 2 N–H and O–H groups in total. The average molecular weight is 893 g/mol. The van der Waals surface area contributed by atoms with Crippen LogP contribution in [-0.2, 0) is 43.6 Å². The van der Waals surface area contributed by atoms with Crippen LogP contribution in [-0.4, -0.2) is 113 Å². The molecule has 2 saturated heterocycles. The van der Waals surface area contributed by atoms with Crippen molar-refractivity contribution in [3.63, 3.8) is 0 Å². The first-order valence-electron chi connectivity index (χ1n) is 19.7. The fourth-order valence-corrected chi connectivity index (χ4v) is 9.32. The molecule has 3 aliphatic rings. The maximum absolute atomic E-state index is 13.8. The van der Waals surface area contributed by atoms with Crippen LogP contribution in [0.1, 0.15) is 43.4 Å². The molecule has 0 spiro atoms. The second kappa shape index (κ2) is 19.6. The molecule has 3 heterocycles. The summed E-state index contributed by atoms with van der Waals surface area (Å²) in [5, 5.41) is 54.8. The van der Waals surface area contributed by atoms with Crippen molar-refractivity contribution < 1.29 is 58.4 Å². The Hall–Kier alpha value is -6.65. The maximum Gasteiger partial charge on any atom is 0.410 e. The summed E-state index contributed by atoms with van der Waals surface area (Å²) in [5.41, 5.74) is 1.01. The topological polar surface area (TPSA) is 276 Å². The van der Waals surface area contributed by atoms with Crippen molar-refractivity contribution >= 4 is 52.9 Å². The predicted molar refractivity (Wildman–Crippen MR) is 221 cm³/mol. The summed E-state index contributed by atoms with van der Waals surface area (Å²) >= 11 is 1.23. The molecule has 0 aliphatic carbocycles. The molecule has 0 saturated carbocycles. The van der Waals surface area contributed by atoms with Gasteiger partial charge in [-0.15, -0.1) is 11.8 Å². The van der Waals surface area contributed by atoms with E-state index in [1.54, 1.807) is 0 Å². The first-order valence-corrected chi connectivity index (χ1v) is 20.6. The first-order chi connectivity index (χ1) is 29.9. The van der Waals surface area contributed by atoms with E-state index in [1.165, 1.54) is 113 Å². The lowest BCUT2D eigenvalue weighted by Gasteiger charge is -2.46. The average Bonchev–Trinajstić information content (AvgIpc) is 3.79. The largest absolute Gasteiger partial charge is 0.456 e. The minimum Gasteiger partial charge on any atom is -0.456 e. The van der Waals surface area contributed by atoms with Gasteiger partial charge in [-0.25, -0.2) is 14.4 Å². The number of ether oxygens (including phenoxy) is 3. The number of likely N-dealkylation sites (tertiary alicyclic amines) is 1. The van der Waals surface area contributed by atoms with Crippen LogP contribution in [0.25, 0.3) is 0 Å². The van der Waals surface area contributed by atoms with E-state index < -0.39 is 80.2 Å². The van der Waals surface area contributed by atoms with Crippen LogP contribution in [0.2, 0.25) is 0 Å². The Kier molecular flexibility index (Phi) is 14.3. The van der Waals surface area contributed by atoms with Gasteiger partial charge in [0.1, 0.15) is 25.5 Å². The van der Waals surface area contributed by atoms with Gasteiger partial charge in [0.05, 0.1) is 45.0 Å². The molecule has 0 aromatic heterocycles. The Balaban J connectivity index is 1.18. The monoisotopic (exact) mass is 892 g/mol. The van der Waals surface area contributed by atoms with E-state index in [1.807, 2.05) is 6.92 Å². The van der Waals surface area contributed by atoms with Crippen LogP contribution in [0.15, 0.2) is 83.4 Å². The lowest BCUT2D eigenvalue weighted by atomic mass is 9.79. The number of amides is 3. The van der Waals surface area contributed by atoms with Gasteiger partial charge in [0.2, 0.25) is 5.91 Å². The number of benzene rings is 3. The lowest BCUT2D eigenvalue weighted by molar-refractivity contribution is -0.385. The van der Waals surface area contributed by atoms with Crippen LogP contribution in [0.3, 0.4) is 0 Å². The number of aliphatic hydroxyl groups excluding tert-OH is 2. The highest BCUT2D eigenvalue weighted by Crippen LogP contribution is 2.52. The number of carbonyl (C=O) groups is 4. The Morgan fingerprint density at radius 3 is 1.76 bits per heavy atom. The zero-order valence-electron chi connectivity index (χ0n) is 34.2. The van der Waals surface area contributed by atoms with Crippen molar-refractivity contribution in [2.24, 2.45) is 11.8 Å². The van der Waals surface area contributed by atoms with E-state index in [9.17, 15) is 59.7 Å². The van der Waals surface area contributed by atoms with Crippen LogP contribution in [0.4, 0.5) is 26.7 Å². The molecule has 22 heteroatoms. The number of fused-ring (bicyclic) bond motifs is 1. The van der Waals surface area contributed by atoms with Crippen molar-refractivity contribution in [1.82, 2.24) is 14.7 Å². The van der Waals surface area contributed by atoms with Gasteiger partial charge in [-0.3, -0.25) is 35.1 Å². The van der Waals surface area contributed by atoms with Crippen molar-refractivity contribution in [2.45, 2.75) is 76.1 Å². The van der Waals surface area contributed by atoms with Gasteiger partial charge in [0, 0.05) is 72.6 Å². The Morgan fingerprint density at radius 2 is 1.29 bits per heavy atom. The summed E-state index contributed by atoms with van der Waals surface area (Å²) in [4.78, 5) is 89.7. The maximum atomic E-state index is 13.8. The molecule has 334 valence electrons. The number of hydrogen-bond donors (Lipinski definition) is 2. The number of hydrogen-bond acceptors (Lipinski definition) is 16. The van der Waals surface area contributed by atoms with Crippen LogP contribution in [0, 0.1) is 42.2 Å². The third kappa shape index (κ3) is 10.4. The molecule has 63 heavy (non-hydrogen) atoms. The van der Waals surface area contributed by atoms with Gasteiger partial charge >= 0.3 is 18.2 Å². The summed E-state index contributed by atoms with van der Waals surface area (Å²) in [7, 11) is 1.45. The summed E-state index contributed by atoms with van der Waals surface area (Å²) in [6.45, 7) is 2.64. The summed E-state index contributed by atoms with van der Waals surface area (Å²) < 4.78 is 16.6. The van der Waals surface area contributed by atoms with Gasteiger partial charge in [-0.1, -0.05) is 6.92 Å². The number of β-lactam (4-membered cyclic amide) rings is 1. The van der Waals surface area contributed by atoms with Gasteiger partial charge in [0.25, 0.3) is 17.1 Å². The normalized spacial score (nSPS) is 21.2. The molecular weight excluding hydrogens is 849 g/mol. The van der Waals surface area contributed by atoms with E-state index in [0.717, 1.165) is 0 Å². The SMILES string of the molecule is C[C@@H](O)[C@H]1C(=O)N2C(C(=O)OCc3ccc([N+](=O)[O-])cc3)=C(S[C@H]3C[C@@H](C(O)CCN(C)C(=O)OCc4ccc([N+](=O)[O-])cc4)N(C(=O)OCc4ccc([N+](=O)[O-])cc4)C3)[C@H](C)[C@H]12. The van der Waals surface area contributed by atoms with Crippen molar-refractivity contribution in [3.8, 4) is 0 Å². The van der Waals surface area contributed by atoms with Crippen LogP contribution in [0.5, 0.6) is 0 Å². The number of nitro groups is 3. The lowest BCUT2D eigenvalue weighted by Crippen LogP contribution is -2.63. The Bertz CT molecular complexity index is 2270. The fraction of sp³-hybridized carbons (Fsp3) is 0.415. The molecule has 7 atom stereocenters. The van der Waals surface area contributed by atoms with Gasteiger partial charge in [0.15, 0.2) is 0 Å². The molecule has 0 radical (unpaired) electrons. The van der Waals surface area contributed by atoms with E-state index in [-0.39, 0.29) is 68.5 Å². The van der Waals surface area contributed by atoms with Crippen LogP contribution < -0.4 is 0 Å². The smallest absolute Gasteiger partial charge is 0.410 e. The van der Waals surface area contributed by atoms with Crippen LogP contribution >= 0.6 is 11.8 Å². The molecule has 0 bridgehead atoms. The number of non-ortho nitro benzene ring substituents is 3. The zero-order chi connectivity index (χ0) is 45.7. The van der Waals surface area contributed by atoms with E-state index >= 15 is 0 Å². The van der Waals surface area contributed by atoms with E-state index in [0.29, 0.717) is 21.6 Å². The second-order valence-electron chi connectivity index (χ2n) is 15.4. The van der Waals surface area contributed by atoms with Crippen molar-refractivity contribution in [3.05, 3.63) is 130 Å². The Morgan fingerprint density at radius 1 is 0.810 bits per heavy atom. The fourth-order valence-electron chi connectivity index (χ4n) is 7.79. The van der Waals surface area contributed by atoms with Crippen molar-refractivity contribution in [1.29, 1.82) is 0 Å². The number of aliphatic hydroxyl groups is 2. The van der Waals surface area contributed by atoms with Crippen molar-refractivity contribution in [2.75, 3.05) is 20.1 Å². The van der Waals surface area contributed by atoms with Gasteiger partial charge < -0.3 is 39.1 Å². The summed E-state index contributed by atoms with van der Waals surface area (Å²) in [6, 6.07) is 14.9. The molecule has 2 fully saturated rings. The second-order valence-corrected chi connectivity index (χ2v) is 16.7. The third-order valence-corrected chi connectivity index (χ3v) is 12.7. The van der Waals surface area contributed by atoms with Gasteiger partial charge in [-0.05, 0) is 72.9 Å². The number of thioether (sulfide) groups is 1. The minimum absolute atomic E-state index is 0.00727. The summed E-state index contributed by atoms with van der Waals surface area (Å²) in [6.07, 6.45) is -3.61. The number of rotatable bonds is 17. The molecule has 3 amide bonds. The third-order valence-electron chi connectivity index (χ3n) is 11.2. The Labute approximate surface area is 363 Å². The summed E-state index contributed by atoms with van der Waals surface area (Å²) in [5.74, 6) is -2.55. The van der Waals surface area contributed by atoms with E-state index in [2.05, 4.69) is 0 Å². The highest BCUT2D eigenvalue weighted by molar-refractivity contribution is 8.03. The molecule has 3 aliphatic heterocycles. The van der Waals surface area contributed by atoms with Gasteiger partial charge in [-0.2, -0.15) is 0 Å². The highest BCUT2D eigenvalue weighted by Gasteiger charge is 2.60. The number of nitrogens with zero attached hydrogens (tertiary/aromatic N) is 6. The molecule has 6 rings (SSSR count). The quantitative estimate of drug-likeness (QED) is 0.0589. The molecule has 1 unspecified atom stereocenters. The molecule has 3 aromatic rings. The predicted octanol–water partition coefficient (Wildman–Crippen LogP) is 5.06. The minimum atomic E-state index is -1.21.